The predicted octanol–water partition coefficient (Wildman–Crippen LogP) is 1.02. The Morgan fingerprint density at radius 1 is 1.29 bits per heavy atom. The lowest BCUT2D eigenvalue weighted by molar-refractivity contribution is -0.136. The maximum absolute atomic E-state index is 12.3. The van der Waals surface area contributed by atoms with Crippen molar-refractivity contribution in [2.75, 3.05) is 0 Å². The molecule has 0 radical (unpaired) electrons. The summed E-state index contributed by atoms with van der Waals surface area (Å²) in [6.45, 7) is 1.61. The minimum absolute atomic E-state index is 0.156. The molecular formula is C14H12N4O3. The van der Waals surface area contributed by atoms with Crippen LogP contribution in [0.1, 0.15) is 11.3 Å². The monoisotopic (exact) mass is 284 g/mol. The fourth-order valence-corrected chi connectivity index (χ4v) is 2.13. The number of carbonyl (C=O) groups is 1. The van der Waals surface area contributed by atoms with E-state index in [4.69, 9.17) is 5.11 Å². The molecular weight excluding hydrogens is 272 g/mol. The predicted molar refractivity (Wildman–Crippen MR) is 75.1 cm³/mol. The lowest BCUT2D eigenvalue weighted by Gasteiger charge is -2.01. The van der Waals surface area contributed by atoms with Gasteiger partial charge >= 0.3 is 5.97 Å². The summed E-state index contributed by atoms with van der Waals surface area (Å²) in [5.74, 6) is -0.336. The van der Waals surface area contributed by atoms with Crippen LogP contribution in [0.25, 0.3) is 17.2 Å². The van der Waals surface area contributed by atoms with Crippen LogP contribution >= 0.6 is 0 Å². The van der Waals surface area contributed by atoms with Gasteiger partial charge in [-0.1, -0.05) is 30.3 Å². The highest BCUT2D eigenvalue weighted by atomic mass is 16.4. The van der Waals surface area contributed by atoms with E-state index in [0.717, 1.165) is 5.56 Å². The molecule has 0 bridgehead atoms. The smallest absolute Gasteiger partial charge is 0.308 e. The topological polar surface area (TPSA) is 100 Å². The average Bonchev–Trinajstić information content (AvgIpc) is 2.88. The number of fused-ring (bicyclic) bond motifs is 1. The summed E-state index contributed by atoms with van der Waals surface area (Å²) >= 11 is 0. The lowest BCUT2D eigenvalue weighted by atomic mass is 10.2. The van der Waals surface area contributed by atoms with E-state index in [1.165, 1.54) is 4.52 Å². The second kappa shape index (κ2) is 4.86. The van der Waals surface area contributed by atoms with E-state index in [0.29, 0.717) is 11.5 Å². The Bertz CT molecular complexity index is 880. The number of hydrogen-bond acceptors (Lipinski definition) is 4. The largest absolute Gasteiger partial charge is 0.481 e. The molecule has 2 heterocycles. The molecule has 0 fully saturated rings. The van der Waals surface area contributed by atoms with Crippen molar-refractivity contribution >= 4 is 11.7 Å². The summed E-state index contributed by atoms with van der Waals surface area (Å²) in [5.41, 5.74) is 0.922. The molecule has 0 aliphatic heterocycles. The summed E-state index contributed by atoms with van der Waals surface area (Å²) in [6, 6.07) is 9.31. The first-order chi connectivity index (χ1) is 10.1. The van der Waals surface area contributed by atoms with Crippen molar-refractivity contribution in [1.82, 2.24) is 19.6 Å². The van der Waals surface area contributed by atoms with E-state index in [-0.39, 0.29) is 17.8 Å². The fourth-order valence-electron chi connectivity index (χ4n) is 2.13. The molecule has 3 rings (SSSR count). The van der Waals surface area contributed by atoms with Crippen LogP contribution in [-0.4, -0.2) is 30.7 Å². The number of hydrogen-bond donors (Lipinski definition) is 2. The zero-order valence-electron chi connectivity index (χ0n) is 11.2. The Morgan fingerprint density at radius 2 is 2.00 bits per heavy atom. The number of carboxylic acid groups (broad SMARTS) is 1. The third kappa shape index (κ3) is 2.29. The molecule has 0 atom stereocenters. The van der Waals surface area contributed by atoms with Crippen LogP contribution in [-0.2, 0) is 11.2 Å². The fraction of sp³-hybridized carbons (Fsp3) is 0.143. The molecule has 7 heteroatoms. The second-order valence-corrected chi connectivity index (χ2v) is 4.63. The standard InChI is InChI=1S/C14H12N4O3/c1-8-10(7-11(19)20)13(21)18-14(15-8)16-12(17-18)9-5-3-2-4-6-9/h2-6H,7H2,1H3,(H,19,20)(H,15,16,17). The molecule has 0 aliphatic rings. The highest BCUT2D eigenvalue weighted by Crippen LogP contribution is 2.14. The molecule has 0 saturated heterocycles. The van der Waals surface area contributed by atoms with Crippen molar-refractivity contribution in [3.8, 4) is 11.4 Å². The van der Waals surface area contributed by atoms with Gasteiger partial charge in [0.15, 0.2) is 5.82 Å². The van der Waals surface area contributed by atoms with Gasteiger partial charge in [-0.3, -0.25) is 14.7 Å². The summed E-state index contributed by atoms with van der Waals surface area (Å²) in [4.78, 5) is 31.6. The number of nitrogens with zero attached hydrogens (tertiary/aromatic N) is 3. The molecule has 2 aromatic heterocycles. The Hall–Kier alpha value is -2.96. The summed E-state index contributed by atoms with van der Waals surface area (Å²) in [7, 11) is 0. The molecule has 2 N–H and O–H groups in total. The van der Waals surface area contributed by atoms with E-state index < -0.39 is 11.5 Å². The molecule has 0 aliphatic carbocycles. The average molecular weight is 284 g/mol. The molecule has 21 heavy (non-hydrogen) atoms. The van der Waals surface area contributed by atoms with Gasteiger partial charge in [-0.15, -0.1) is 0 Å². The van der Waals surface area contributed by atoms with Crippen molar-refractivity contribution in [1.29, 1.82) is 0 Å². The van der Waals surface area contributed by atoms with Crippen LogP contribution < -0.4 is 5.56 Å². The number of rotatable bonds is 3. The van der Waals surface area contributed by atoms with Crippen molar-refractivity contribution < 1.29 is 9.90 Å². The summed E-state index contributed by atoms with van der Waals surface area (Å²) in [5, 5.41) is 11.7. The maximum Gasteiger partial charge on any atom is 0.308 e. The molecule has 3 aromatic rings. The number of aromatic amines is 1. The molecule has 0 saturated carbocycles. The van der Waals surface area contributed by atoms with Crippen molar-refractivity contribution in [2.45, 2.75) is 13.3 Å². The van der Waals surface area contributed by atoms with Crippen LogP contribution in [0.3, 0.4) is 0 Å². The van der Waals surface area contributed by atoms with Crippen LogP contribution in [0.15, 0.2) is 35.1 Å². The highest BCUT2D eigenvalue weighted by Gasteiger charge is 2.15. The Morgan fingerprint density at radius 3 is 2.67 bits per heavy atom. The molecule has 0 amide bonds. The van der Waals surface area contributed by atoms with E-state index in [1.807, 2.05) is 30.3 Å². The van der Waals surface area contributed by atoms with Gasteiger partial charge in [0.2, 0.25) is 0 Å². The number of nitrogens with one attached hydrogen (secondary N) is 1. The third-order valence-corrected chi connectivity index (χ3v) is 3.17. The number of aliphatic carboxylic acids is 1. The SMILES string of the molecule is Cc1nc2nc(-c3ccccc3)[nH]n2c(=O)c1CC(=O)O. The number of aromatic nitrogens is 4. The highest BCUT2D eigenvalue weighted by molar-refractivity contribution is 5.70. The van der Waals surface area contributed by atoms with E-state index in [1.54, 1.807) is 6.92 Å². The zero-order valence-corrected chi connectivity index (χ0v) is 11.2. The first kappa shape index (κ1) is 13.0. The minimum Gasteiger partial charge on any atom is -0.481 e. The number of aryl methyl sites for hydroxylation is 1. The van der Waals surface area contributed by atoms with Crippen molar-refractivity contribution in [2.24, 2.45) is 0 Å². The first-order valence-corrected chi connectivity index (χ1v) is 6.31. The van der Waals surface area contributed by atoms with E-state index in [9.17, 15) is 9.59 Å². The molecule has 1 aromatic carbocycles. The zero-order chi connectivity index (χ0) is 15.0. The van der Waals surface area contributed by atoms with Gasteiger partial charge in [0.25, 0.3) is 11.3 Å². The van der Waals surface area contributed by atoms with Gasteiger partial charge < -0.3 is 5.11 Å². The Labute approximate surface area is 118 Å². The van der Waals surface area contributed by atoms with Crippen LogP contribution in [0, 0.1) is 6.92 Å². The van der Waals surface area contributed by atoms with Crippen molar-refractivity contribution in [3.63, 3.8) is 0 Å². The Balaban J connectivity index is 2.21. The van der Waals surface area contributed by atoms with E-state index in [2.05, 4.69) is 15.1 Å². The number of carboxylic acids is 1. The first-order valence-electron chi connectivity index (χ1n) is 6.31. The maximum atomic E-state index is 12.3. The normalized spacial score (nSPS) is 10.9. The quantitative estimate of drug-likeness (QED) is 0.748. The van der Waals surface area contributed by atoms with E-state index >= 15 is 0 Å². The molecule has 0 unspecified atom stereocenters. The molecule has 0 spiro atoms. The van der Waals surface area contributed by atoms with Gasteiger partial charge in [0.05, 0.1) is 17.7 Å². The summed E-state index contributed by atoms with van der Waals surface area (Å²) < 4.78 is 1.17. The van der Waals surface area contributed by atoms with Gasteiger partial charge in [-0.2, -0.15) is 9.50 Å². The van der Waals surface area contributed by atoms with Crippen molar-refractivity contribution in [3.05, 3.63) is 51.9 Å². The van der Waals surface area contributed by atoms with Crippen LogP contribution in [0.2, 0.25) is 0 Å². The van der Waals surface area contributed by atoms with Crippen LogP contribution in [0.5, 0.6) is 0 Å². The lowest BCUT2D eigenvalue weighted by Crippen LogP contribution is -2.24. The van der Waals surface area contributed by atoms with Gasteiger partial charge in [-0.25, -0.2) is 4.98 Å². The number of H-pyrrole nitrogens is 1. The van der Waals surface area contributed by atoms with Gasteiger partial charge in [0.1, 0.15) is 0 Å². The van der Waals surface area contributed by atoms with Gasteiger partial charge in [0, 0.05) is 5.56 Å². The number of benzene rings is 1. The molecule has 7 nitrogen and oxygen atoms in total. The Kier molecular flexibility index (Phi) is 3.02. The summed E-state index contributed by atoms with van der Waals surface area (Å²) in [6.07, 6.45) is -0.361. The second-order valence-electron chi connectivity index (χ2n) is 4.63. The molecule has 106 valence electrons. The van der Waals surface area contributed by atoms with Crippen LogP contribution in [0.4, 0.5) is 0 Å². The minimum atomic E-state index is -1.07. The third-order valence-electron chi connectivity index (χ3n) is 3.17. The van der Waals surface area contributed by atoms with Gasteiger partial charge in [-0.05, 0) is 6.92 Å².